The van der Waals surface area contributed by atoms with Crippen molar-refractivity contribution >= 4 is 17.3 Å². The van der Waals surface area contributed by atoms with Gasteiger partial charge >= 0.3 is 0 Å². The van der Waals surface area contributed by atoms with Gasteiger partial charge in [0, 0.05) is 11.4 Å². The molecule has 4 aromatic carbocycles. The minimum Gasteiger partial charge on any atom is -0.493 e. The van der Waals surface area contributed by atoms with Gasteiger partial charge in [-0.25, -0.2) is 0 Å². The van der Waals surface area contributed by atoms with Crippen molar-refractivity contribution in [1.29, 1.82) is 10.5 Å². The average Bonchev–Trinajstić information content (AvgIpc) is 2.96. The number of methoxy groups -OCH3 is 1. The van der Waals surface area contributed by atoms with Crippen molar-refractivity contribution in [2.75, 3.05) is 17.7 Å². The molecule has 0 aliphatic heterocycles. The quantitative estimate of drug-likeness (QED) is 0.308. The maximum atomic E-state index is 13.4. The smallest absolute Gasteiger partial charge is 0.251 e. The van der Waals surface area contributed by atoms with Gasteiger partial charge in [0.25, 0.3) is 5.91 Å². The van der Waals surface area contributed by atoms with Crippen molar-refractivity contribution in [2.24, 2.45) is 0 Å². The lowest BCUT2D eigenvalue weighted by Gasteiger charge is -2.21. The van der Waals surface area contributed by atoms with Gasteiger partial charge in [0.2, 0.25) is 0 Å². The van der Waals surface area contributed by atoms with Gasteiger partial charge < -0.3 is 20.1 Å². The van der Waals surface area contributed by atoms with Crippen LogP contribution < -0.4 is 20.1 Å². The molecule has 37 heavy (non-hydrogen) atoms. The first-order valence-electron chi connectivity index (χ1n) is 11.5. The summed E-state index contributed by atoms with van der Waals surface area (Å²) in [6, 6.07) is 32.0. The summed E-state index contributed by atoms with van der Waals surface area (Å²) in [5.74, 6) is 0.736. The number of carbonyl (C=O) groups excluding carboxylic acids is 1. The van der Waals surface area contributed by atoms with Crippen LogP contribution in [-0.2, 0) is 11.4 Å². The van der Waals surface area contributed by atoms with E-state index in [1.165, 1.54) is 0 Å². The van der Waals surface area contributed by atoms with Gasteiger partial charge in [0.15, 0.2) is 11.5 Å². The fourth-order valence-electron chi connectivity index (χ4n) is 3.67. The fourth-order valence-corrected chi connectivity index (χ4v) is 3.67. The van der Waals surface area contributed by atoms with E-state index in [-0.39, 0.29) is 5.91 Å². The van der Waals surface area contributed by atoms with Crippen LogP contribution >= 0.6 is 0 Å². The Labute approximate surface area is 215 Å². The molecular weight excluding hydrogens is 464 g/mol. The number of amides is 1. The molecule has 1 amide bonds. The van der Waals surface area contributed by atoms with Crippen molar-refractivity contribution in [3.63, 3.8) is 0 Å². The van der Waals surface area contributed by atoms with Gasteiger partial charge in [-0.15, -0.1) is 0 Å². The van der Waals surface area contributed by atoms with E-state index in [1.807, 2.05) is 36.4 Å². The van der Waals surface area contributed by atoms with Crippen molar-refractivity contribution < 1.29 is 14.3 Å². The molecular formula is C30H24N4O3. The normalized spacial score (nSPS) is 10.9. The molecule has 1 atom stereocenters. The van der Waals surface area contributed by atoms with E-state index in [1.54, 1.807) is 67.8 Å². The van der Waals surface area contributed by atoms with Crippen LogP contribution in [-0.4, -0.2) is 13.0 Å². The zero-order valence-corrected chi connectivity index (χ0v) is 20.1. The summed E-state index contributed by atoms with van der Waals surface area (Å²) < 4.78 is 11.5. The first-order chi connectivity index (χ1) is 18.1. The molecule has 0 saturated heterocycles. The van der Waals surface area contributed by atoms with Gasteiger partial charge in [-0.05, 0) is 71.8 Å². The van der Waals surface area contributed by atoms with Gasteiger partial charge in [-0.2, -0.15) is 10.5 Å². The molecule has 1 unspecified atom stereocenters. The highest BCUT2D eigenvalue weighted by Crippen LogP contribution is 2.33. The second kappa shape index (κ2) is 11.9. The number of hydrogen-bond donors (Lipinski definition) is 2. The average molecular weight is 489 g/mol. The number of rotatable bonds is 9. The topological polar surface area (TPSA) is 107 Å². The molecule has 0 fully saturated rings. The summed E-state index contributed by atoms with van der Waals surface area (Å²) in [4.78, 5) is 13.4. The molecule has 0 radical (unpaired) electrons. The highest BCUT2D eigenvalue weighted by molar-refractivity contribution is 5.97. The molecule has 2 N–H and O–H groups in total. The highest BCUT2D eigenvalue weighted by Gasteiger charge is 2.23. The van der Waals surface area contributed by atoms with Gasteiger partial charge in [0.05, 0.1) is 30.4 Å². The van der Waals surface area contributed by atoms with E-state index < -0.39 is 6.04 Å². The summed E-state index contributed by atoms with van der Waals surface area (Å²) in [7, 11) is 1.55. The molecule has 0 spiro atoms. The van der Waals surface area contributed by atoms with Gasteiger partial charge in [-0.3, -0.25) is 4.79 Å². The number of ether oxygens (including phenoxy) is 2. The standard InChI is InChI=1S/C30H24N4O3/c1-36-28-17-24(11-16-27(28)37-20-23-5-3-2-4-6-23)29(33-25-12-7-21(18-31)8-13-25)30(35)34-26-14-9-22(19-32)10-15-26/h2-17,29,33H,20H2,1H3,(H,34,35). The number of benzene rings is 4. The number of carbonyl (C=O) groups is 1. The zero-order valence-electron chi connectivity index (χ0n) is 20.1. The van der Waals surface area contributed by atoms with Crippen molar-refractivity contribution in [3.8, 4) is 23.6 Å². The molecule has 0 saturated carbocycles. The maximum Gasteiger partial charge on any atom is 0.251 e. The van der Waals surface area contributed by atoms with Crippen molar-refractivity contribution in [3.05, 3.63) is 119 Å². The second-order valence-corrected chi connectivity index (χ2v) is 8.13. The van der Waals surface area contributed by atoms with Crippen molar-refractivity contribution in [1.82, 2.24) is 0 Å². The molecule has 0 heterocycles. The van der Waals surface area contributed by atoms with Crippen LogP contribution in [0.1, 0.15) is 28.3 Å². The molecule has 7 nitrogen and oxygen atoms in total. The summed E-state index contributed by atoms with van der Waals surface area (Å²) in [5.41, 5.74) is 3.93. The summed E-state index contributed by atoms with van der Waals surface area (Å²) in [5, 5.41) is 24.3. The predicted octanol–water partition coefficient (Wildman–Crippen LogP) is 5.81. The summed E-state index contributed by atoms with van der Waals surface area (Å²) in [6.07, 6.45) is 0. The van der Waals surface area contributed by atoms with E-state index in [0.29, 0.717) is 46.2 Å². The van der Waals surface area contributed by atoms with Crippen LogP contribution in [0.2, 0.25) is 0 Å². The molecule has 4 rings (SSSR count). The Balaban J connectivity index is 1.60. The van der Waals surface area contributed by atoms with Crippen LogP contribution in [0.3, 0.4) is 0 Å². The first kappa shape index (κ1) is 24.8. The summed E-state index contributed by atoms with van der Waals surface area (Å²) >= 11 is 0. The molecule has 0 aliphatic carbocycles. The third-order valence-electron chi connectivity index (χ3n) is 5.63. The number of nitriles is 2. The minimum atomic E-state index is -0.791. The lowest BCUT2D eigenvalue weighted by Crippen LogP contribution is -2.27. The molecule has 0 aromatic heterocycles. The van der Waals surface area contributed by atoms with E-state index in [0.717, 1.165) is 5.56 Å². The maximum absolute atomic E-state index is 13.4. The first-order valence-corrected chi connectivity index (χ1v) is 11.5. The molecule has 182 valence electrons. The Morgan fingerprint density at radius 1 is 0.811 bits per heavy atom. The number of nitrogens with zero attached hydrogens (tertiary/aromatic N) is 2. The molecule has 7 heteroatoms. The second-order valence-electron chi connectivity index (χ2n) is 8.13. The third kappa shape index (κ3) is 6.45. The Morgan fingerprint density at radius 3 is 2.03 bits per heavy atom. The Kier molecular flexibility index (Phi) is 8.00. The monoisotopic (exact) mass is 488 g/mol. The fraction of sp³-hybridized carbons (Fsp3) is 0.100. The minimum absolute atomic E-state index is 0.311. The van der Waals surface area contributed by atoms with Crippen LogP contribution in [0.15, 0.2) is 97.1 Å². The number of anilines is 2. The lowest BCUT2D eigenvalue weighted by molar-refractivity contribution is -0.117. The molecule has 0 aliphatic rings. The summed E-state index contributed by atoms with van der Waals surface area (Å²) in [6.45, 7) is 0.378. The van der Waals surface area contributed by atoms with E-state index in [4.69, 9.17) is 20.0 Å². The Bertz CT molecular complexity index is 1440. The highest BCUT2D eigenvalue weighted by atomic mass is 16.5. The Morgan fingerprint density at radius 2 is 1.43 bits per heavy atom. The predicted molar refractivity (Wildman–Crippen MR) is 141 cm³/mol. The van der Waals surface area contributed by atoms with E-state index >= 15 is 0 Å². The van der Waals surface area contributed by atoms with Gasteiger partial charge in [-0.1, -0.05) is 36.4 Å². The third-order valence-corrected chi connectivity index (χ3v) is 5.63. The zero-order chi connectivity index (χ0) is 26.0. The van der Waals surface area contributed by atoms with Crippen molar-refractivity contribution in [2.45, 2.75) is 12.6 Å². The number of nitrogens with one attached hydrogen (secondary N) is 2. The lowest BCUT2D eigenvalue weighted by atomic mass is 10.0. The van der Waals surface area contributed by atoms with Crippen LogP contribution in [0.5, 0.6) is 11.5 Å². The number of hydrogen-bond acceptors (Lipinski definition) is 6. The van der Waals surface area contributed by atoms with E-state index in [2.05, 4.69) is 22.8 Å². The van der Waals surface area contributed by atoms with Crippen LogP contribution in [0.25, 0.3) is 0 Å². The van der Waals surface area contributed by atoms with Gasteiger partial charge in [0.1, 0.15) is 12.6 Å². The largest absolute Gasteiger partial charge is 0.493 e. The molecule has 0 bridgehead atoms. The van der Waals surface area contributed by atoms with E-state index in [9.17, 15) is 4.79 Å². The molecule has 4 aromatic rings. The Hall–Kier alpha value is -5.27. The van der Waals surface area contributed by atoms with Crippen LogP contribution in [0.4, 0.5) is 11.4 Å². The van der Waals surface area contributed by atoms with Crippen LogP contribution in [0, 0.1) is 22.7 Å². The SMILES string of the molecule is COc1cc(C(Nc2ccc(C#N)cc2)C(=O)Nc2ccc(C#N)cc2)ccc1OCc1ccccc1.